The molecule has 0 spiro atoms. The van der Waals surface area contributed by atoms with Crippen LogP contribution < -0.4 is 10.6 Å². The van der Waals surface area contributed by atoms with E-state index in [4.69, 9.17) is 20.8 Å². The molecule has 1 aliphatic carbocycles. The van der Waals surface area contributed by atoms with Gasteiger partial charge in [-0.05, 0) is 33.0 Å². The normalized spacial score (nSPS) is 17.2. The average molecular weight is 340 g/mol. The summed E-state index contributed by atoms with van der Waals surface area (Å²) in [6.07, 6.45) is 1.76. The van der Waals surface area contributed by atoms with Crippen LogP contribution in [0.2, 0.25) is 0 Å². The third kappa shape index (κ3) is 3.35. The zero-order valence-electron chi connectivity index (χ0n) is 13.9. The Hall–Kier alpha value is -1.59. The first-order valence-electron chi connectivity index (χ1n) is 7.89. The van der Waals surface area contributed by atoms with Crippen molar-refractivity contribution in [1.29, 1.82) is 0 Å². The van der Waals surface area contributed by atoms with Crippen LogP contribution in [0.3, 0.4) is 0 Å². The molecule has 6 heteroatoms. The van der Waals surface area contributed by atoms with Crippen LogP contribution in [-0.4, -0.2) is 42.9 Å². The van der Waals surface area contributed by atoms with Crippen molar-refractivity contribution in [3.63, 3.8) is 0 Å². The Labute approximate surface area is 140 Å². The van der Waals surface area contributed by atoms with E-state index in [0.29, 0.717) is 22.9 Å². The lowest BCUT2D eigenvalue weighted by atomic mass is 9.96. The van der Waals surface area contributed by atoms with E-state index >= 15 is 0 Å². The lowest BCUT2D eigenvalue weighted by Gasteiger charge is -2.23. The molecule has 1 aromatic rings. The molecule has 1 atom stereocenters. The number of halogens is 1. The van der Waals surface area contributed by atoms with Crippen LogP contribution in [0.15, 0.2) is 4.42 Å². The summed E-state index contributed by atoms with van der Waals surface area (Å²) in [4.78, 5) is 26.8. The van der Waals surface area contributed by atoms with Gasteiger partial charge in [0.1, 0.15) is 16.7 Å². The van der Waals surface area contributed by atoms with Gasteiger partial charge in [-0.3, -0.25) is 4.79 Å². The van der Waals surface area contributed by atoms with Crippen molar-refractivity contribution in [2.45, 2.75) is 27.7 Å². The molecule has 1 unspecified atom stereocenters. The van der Waals surface area contributed by atoms with Crippen LogP contribution in [0.5, 0.6) is 0 Å². The first-order chi connectivity index (χ1) is 10.9. The number of ketones is 1. The van der Waals surface area contributed by atoms with E-state index in [1.807, 2.05) is 13.8 Å². The topological polar surface area (TPSA) is 59.8 Å². The van der Waals surface area contributed by atoms with E-state index in [-0.39, 0.29) is 28.9 Å². The van der Waals surface area contributed by atoms with Crippen molar-refractivity contribution in [3.8, 4) is 0 Å². The minimum atomic E-state index is -0.517. The molecular formula is C17H22ClNO4. The fraction of sp³-hybridized carbons (Fsp3) is 0.529. The maximum atomic E-state index is 12.6. The van der Waals surface area contributed by atoms with Gasteiger partial charge in [-0.25, -0.2) is 4.79 Å². The maximum Gasteiger partial charge on any atom is 0.342 e. The van der Waals surface area contributed by atoms with Crippen LogP contribution >= 0.6 is 11.6 Å². The molecule has 0 saturated heterocycles. The predicted molar refractivity (Wildman–Crippen MR) is 88.7 cm³/mol. The van der Waals surface area contributed by atoms with Crippen molar-refractivity contribution in [2.24, 2.45) is 5.92 Å². The summed E-state index contributed by atoms with van der Waals surface area (Å²) in [5.41, 5.74) is 0.727. The smallest absolute Gasteiger partial charge is 0.342 e. The molecule has 2 rings (SSSR count). The molecule has 1 aromatic heterocycles. The molecule has 1 aliphatic rings. The SMILES string of the molecule is CCOC(=O)c1c(C)oc2c1=C(Cl)C(=O)C(CN(CC)CC)C=2. The quantitative estimate of drug-likeness (QED) is 0.734. The average Bonchev–Trinajstić information content (AvgIpc) is 2.86. The summed E-state index contributed by atoms with van der Waals surface area (Å²) < 4.78 is 10.7. The van der Waals surface area contributed by atoms with Gasteiger partial charge in [-0.1, -0.05) is 25.4 Å². The summed E-state index contributed by atoms with van der Waals surface area (Å²) in [7, 11) is 0. The van der Waals surface area contributed by atoms with Gasteiger partial charge < -0.3 is 14.1 Å². The van der Waals surface area contributed by atoms with Crippen molar-refractivity contribution in [1.82, 2.24) is 4.90 Å². The predicted octanol–water partition coefficient (Wildman–Crippen LogP) is 1.43. The van der Waals surface area contributed by atoms with E-state index in [0.717, 1.165) is 13.1 Å². The molecular weight excluding hydrogens is 318 g/mol. The van der Waals surface area contributed by atoms with Crippen LogP contribution in [0.1, 0.15) is 36.9 Å². The summed E-state index contributed by atoms with van der Waals surface area (Å²) in [5.74, 6) is -0.649. The number of ether oxygens (including phenoxy) is 1. The van der Waals surface area contributed by atoms with Crippen LogP contribution in [0, 0.1) is 12.8 Å². The number of hydrogen-bond acceptors (Lipinski definition) is 5. The minimum absolute atomic E-state index is 0.0551. The lowest BCUT2D eigenvalue weighted by Crippen LogP contribution is -2.40. The van der Waals surface area contributed by atoms with Gasteiger partial charge in [-0.15, -0.1) is 0 Å². The fourth-order valence-electron chi connectivity index (χ4n) is 2.79. The Bertz CT molecular complexity index is 731. The van der Waals surface area contributed by atoms with Gasteiger partial charge in [0.05, 0.1) is 22.8 Å². The number of rotatable bonds is 6. The second-order valence-corrected chi connectivity index (χ2v) is 5.81. The molecule has 0 aromatic carbocycles. The largest absolute Gasteiger partial charge is 0.462 e. The Morgan fingerprint density at radius 1 is 1.35 bits per heavy atom. The molecule has 23 heavy (non-hydrogen) atoms. The fourth-order valence-corrected chi connectivity index (χ4v) is 3.12. The van der Waals surface area contributed by atoms with E-state index in [1.54, 1.807) is 19.9 Å². The Balaban J connectivity index is 2.52. The summed E-state index contributed by atoms with van der Waals surface area (Å²) in [6, 6.07) is 0. The number of carbonyl (C=O) groups is 2. The molecule has 0 fully saturated rings. The molecule has 5 nitrogen and oxygen atoms in total. The Morgan fingerprint density at radius 3 is 2.57 bits per heavy atom. The zero-order valence-corrected chi connectivity index (χ0v) is 14.7. The molecule has 0 radical (unpaired) electrons. The summed E-state index contributed by atoms with van der Waals surface area (Å²) in [6.45, 7) is 10.0. The number of furan rings is 1. The highest BCUT2D eigenvalue weighted by Crippen LogP contribution is 2.18. The van der Waals surface area contributed by atoms with E-state index in [2.05, 4.69) is 4.90 Å². The highest BCUT2D eigenvalue weighted by molar-refractivity contribution is 6.61. The van der Waals surface area contributed by atoms with Gasteiger partial charge in [0.2, 0.25) is 0 Å². The first kappa shape index (κ1) is 17.8. The number of aryl methyl sites for hydroxylation is 1. The molecule has 0 N–H and O–H groups in total. The second kappa shape index (κ2) is 7.32. The summed E-state index contributed by atoms with van der Waals surface area (Å²) >= 11 is 6.29. The van der Waals surface area contributed by atoms with E-state index in [1.165, 1.54) is 0 Å². The van der Waals surface area contributed by atoms with E-state index < -0.39 is 5.97 Å². The molecule has 0 amide bonds. The number of Topliss-reactive ketones (excluding diaryl/α,β-unsaturated/α-hetero) is 1. The monoisotopic (exact) mass is 339 g/mol. The molecule has 1 heterocycles. The minimum Gasteiger partial charge on any atom is -0.462 e. The van der Waals surface area contributed by atoms with Crippen molar-refractivity contribution in [3.05, 3.63) is 22.0 Å². The number of hydrogen-bond donors (Lipinski definition) is 0. The zero-order chi connectivity index (χ0) is 17.1. The second-order valence-electron chi connectivity index (χ2n) is 5.43. The number of nitrogens with zero attached hydrogens (tertiary/aromatic N) is 1. The van der Waals surface area contributed by atoms with Gasteiger partial charge in [0.15, 0.2) is 5.78 Å². The van der Waals surface area contributed by atoms with Crippen LogP contribution in [0.4, 0.5) is 0 Å². The number of fused-ring (bicyclic) bond motifs is 1. The third-order valence-electron chi connectivity index (χ3n) is 4.07. The van der Waals surface area contributed by atoms with Crippen molar-refractivity contribution < 1.29 is 18.7 Å². The molecule has 0 aliphatic heterocycles. The van der Waals surface area contributed by atoms with Crippen LogP contribution in [-0.2, 0) is 9.53 Å². The van der Waals surface area contributed by atoms with Crippen molar-refractivity contribution in [2.75, 3.05) is 26.2 Å². The Morgan fingerprint density at radius 2 is 2.00 bits per heavy atom. The van der Waals surface area contributed by atoms with Gasteiger partial charge >= 0.3 is 5.97 Å². The highest BCUT2D eigenvalue weighted by atomic mass is 35.5. The van der Waals surface area contributed by atoms with Gasteiger partial charge in [0, 0.05) is 6.54 Å². The van der Waals surface area contributed by atoms with Crippen LogP contribution in [0.25, 0.3) is 11.1 Å². The number of carbonyl (C=O) groups excluding carboxylic acids is 2. The van der Waals surface area contributed by atoms with E-state index in [9.17, 15) is 9.59 Å². The maximum absolute atomic E-state index is 12.6. The molecule has 0 bridgehead atoms. The lowest BCUT2D eigenvalue weighted by molar-refractivity contribution is -0.116. The Kier molecular flexibility index (Phi) is 5.65. The third-order valence-corrected chi connectivity index (χ3v) is 4.44. The molecule has 126 valence electrons. The van der Waals surface area contributed by atoms with Gasteiger partial charge in [-0.2, -0.15) is 0 Å². The van der Waals surface area contributed by atoms with Gasteiger partial charge in [0.25, 0.3) is 0 Å². The molecule has 0 saturated carbocycles. The summed E-state index contributed by atoms with van der Waals surface area (Å²) in [5, 5.41) is 0.419. The van der Waals surface area contributed by atoms with Crippen molar-refractivity contribution >= 4 is 34.5 Å². The highest BCUT2D eigenvalue weighted by Gasteiger charge is 2.30. The first-order valence-corrected chi connectivity index (χ1v) is 8.27. The number of esters is 1. The standard InChI is InChI=1S/C17H22ClNO4/c1-5-19(6-2)9-11-8-12-14(15(18)16(11)20)13(10(4)23-12)17(21)22-7-3/h8,11H,5-7,9H2,1-4H3.